The van der Waals surface area contributed by atoms with E-state index in [0.717, 1.165) is 37.9 Å². The van der Waals surface area contributed by atoms with E-state index >= 15 is 0 Å². The second-order valence-corrected chi connectivity index (χ2v) is 5.51. The number of phenols is 1. The van der Waals surface area contributed by atoms with Gasteiger partial charge in [-0.15, -0.1) is 0 Å². The number of rotatable bonds is 6. The molecular weight excluding hydrogens is 254 g/mol. The van der Waals surface area contributed by atoms with E-state index in [2.05, 4.69) is 4.90 Å². The van der Waals surface area contributed by atoms with Crippen LogP contribution in [0.25, 0.3) is 0 Å². The van der Waals surface area contributed by atoms with Crippen LogP contribution in [0.4, 0.5) is 0 Å². The molecule has 1 heterocycles. The molecule has 1 saturated heterocycles. The molecule has 2 rings (SSSR count). The van der Waals surface area contributed by atoms with Crippen LogP contribution in [-0.4, -0.2) is 46.6 Å². The van der Waals surface area contributed by atoms with Crippen LogP contribution < -0.4 is 0 Å². The summed E-state index contributed by atoms with van der Waals surface area (Å²) in [5.41, 5.74) is 1.29. The number of aryl methyl sites for hydroxylation is 1. The minimum Gasteiger partial charge on any atom is -0.507 e. The number of aromatic hydroxyl groups is 1. The van der Waals surface area contributed by atoms with E-state index in [-0.39, 0.29) is 24.2 Å². The Hall–Kier alpha value is -1.39. The second-order valence-electron chi connectivity index (χ2n) is 5.51. The molecule has 0 aromatic heterocycles. The largest absolute Gasteiger partial charge is 0.507 e. The summed E-state index contributed by atoms with van der Waals surface area (Å²) in [7, 11) is 0. The highest BCUT2D eigenvalue weighted by Crippen LogP contribution is 2.26. The first kappa shape index (κ1) is 15.0. The van der Waals surface area contributed by atoms with Gasteiger partial charge in [-0.25, -0.2) is 0 Å². The van der Waals surface area contributed by atoms with Crippen molar-refractivity contribution < 1.29 is 15.0 Å². The van der Waals surface area contributed by atoms with E-state index in [4.69, 9.17) is 5.11 Å². The predicted molar refractivity (Wildman–Crippen MR) is 78.1 cm³/mol. The van der Waals surface area contributed by atoms with E-state index in [1.807, 2.05) is 13.0 Å². The molecule has 0 radical (unpaired) electrons. The first-order valence-electron chi connectivity index (χ1n) is 7.30. The monoisotopic (exact) mass is 277 g/mol. The lowest BCUT2D eigenvalue weighted by Crippen LogP contribution is -2.32. The fourth-order valence-electron chi connectivity index (χ4n) is 3.03. The maximum absolute atomic E-state index is 12.4. The van der Waals surface area contributed by atoms with Crippen LogP contribution in [0, 0.1) is 6.92 Å². The van der Waals surface area contributed by atoms with Gasteiger partial charge in [0.2, 0.25) is 0 Å². The van der Waals surface area contributed by atoms with Crippen molar-refractivity contribution in [1.82, 2.24) is 4.90 Å². The number of ketones is 1. The smallest absolute Gasteiger partial charge is 0.168 e. The van der Waals surface area contributed by atoms with Crippen molar-refractivity contribution in [2.24, 2.45) is 0 Å². The number of phenolic OH excluding ortho intramolecular Hbond substituents is 1. The molecule has 0 amide bonds. The second kappa shape index (κ2) is 6.86. The first-order valence-corrected chi connectivity index (χ1v) is 7.30. The summed E-state index contributed by atoms with van der Waals surface area (Å²) in [4.78, 5) is 14.7. The van der Waals surface area contributed by atoms with Crippen molar-refractivity contribution in [1.29, 1.82) is 0 Å². The number of Topliss-reactive ketones (excluding diaryl/α,β-unsaturated/α-hetero) is 1. The molecule has 1 aromatic rings. The maximum Gasteiger partial charge on any atom is 0.168 e. The van der Waals surface area contributed by atoms with Crippen LogP contribution in [0.15, 0.2) is 18.2 Å². The van der Waals surface area contributed by atoms with Gasteiger partial charge in [-0.2, -0.15) is 0 Å². The highest BCUT2D eigenvalue weighted by atomic mass is 16.3. The first-order chi connectivity index (χ1) is 9.63. The normalized spacial score (nSPS) is 19.4. The molecule has 1 aliphatic rings. The van der Waals surface area contributed by atoms with Crippen molar-refractivity contribution in [3.8, 4) is 5.75 Å². The Labute approximate surface area is 120 Å². The molecule has 20 heavy (non-hydrogen) atoms. The summed E-state index contributed by atoms with van der Waals surface area (Å²) in [6, 6.07) is 5.42. The molecule has 1 atom stereocenters. The Morgan fingerprint density at radius 2 is 2.25 bits per heavy atom. The summed E-state index contributed by atoms with van der Waals surface area (Å²) in [6.45, 7) is 3.88. The molecule has 0 spiro atoms. The molecular formula is C16H23NO3. The molecule has 2 N–H and O–H groups in total. The Morgan fingerprint density at radius 3 is 2.95 bits per heavy atom. The summed E-state index contributed by atoms with van der Waals surface area (Å²) in [5, 5.41) is 18.8. The van der Waals surface area contributed by atoms with Crippen LogP contribution in [0.5, 0.6) is 5.75 Å². The SMILES string of the molecule is Cc1cccc(O)c1C(=O)CC1CCCN1CCCO. The Kier molecular flexibility index (Phi) is 5.15. The van der Waals surface area contributed by atoms with E-state index in [0.29, 0.717) is 12.0 Å². The van der Waals surface area contributed by atoms with Crippen molar-refractivity contribution >= 4 is 5.78 Å². The number of hydrogen-bond donors (Lipinski definition) is 2. The number of nitrogens with zero attached hydrogens (tertiary/aromatic N) is 1. The quantitative estimate of drug-likeness (QED) is 0.782. The van der Waals surface area contributed by atoms with E-state index in [1.165, 1.54) is 0 Å². The van der Waals surface area contributed by atoms with Gasteiger partial charge >= 0.3 is 0 Å². The average Bonchev–Trinajstić information content (AvgIpc) is 2.83. The van der Waals surface area contributed by atoms with Gasteiger partial charge in [0.1, 0.15) is 5.75 Å². The summed E-state index contributed by atoms with van der Waals surface area (Å²) in [5.74, 6) is 0.0939. The number of hydrogen-bond acceptors (Lipinski definition) is 4. The zero-order valence-electron chi connectivity index (χ0n) is 12.0. The molecule has 1 aliphatic heterocycles. The van der Waals surface area contributed by atoms with Crippen molar-refractivity contribution in [3.63, 3.8) is 0 Å². The zero-order valence-corrected chi connectivity index (χ0v) is 12.0. The van der Waals surface area contributed by atoms with E-state index in [9.17, 15) is 9.90 Å². The fraction of sp³-hybridized carbons (Fsp3) is 0.562. The molecule has 4 heteroatoms. The highest BCUT2D eigenvalue weighted by Gasteiger charge is 2.27. The highest BCUT2D eigenvalue weighted by molar-refractivity contribution is 6.00. The topological polar surface area (TPSA) is 60.8 Å². The van der Waals surface area contributed by atoms with Crippen LogP contribution in [-0.2, 0) is 0 Å². The fourth-order valence-corrected chi connectivity index (χ4v) is 3.03. The lowest BCUT2D eigenvalue weighted by atomic mass is 9.97. The van der Waals surface area contributed by atoms with Gasteiger partial charge in [0.05, 0.1) is 5.56 Å². The molecule has 4 nitrogen and oxygen atoms in total. The number of benzene rings is 1. The van der Waals surface area contributed by atoms with Gasteiger partial charge in [-0.1, -0.05) is 12.1 Å². The Balaban J connectivity index is 2.04. The minimum absolute atomic E-state index is 0.0153. The number of aliphatic hydroxyl groups excluding tert-OH is 1. The van der Waals surface area contributed by atoms with E-state index < -0.39 is 0 Å². The van der Waals surface area contributed by atoms with E-state index in [1.54, 1.807) is 12.1 Å². The van der Waals surface area contributed by atoms with Gasteiger partial charge in [-0.3, -0.25) is 9.69 Å². The third-order valence-electron chi connectivity index (χ3n) is 4.05. The zero-order chi connectivity index (χ0) is 14.5. The molecule has 1 fully saturated rings. The van der Waals surface area contributed by atoms with Crippen molar-refractivity contribution in [3.05, 3.63) is 29.3 Å². The molecule has 1 unspecified atom stereocenters. The third-order valence-corrected chi connectivity index (χ3v) is 4.05. The van der Waals surface area contributed by atoms with Crippen molar-refractivity contribution in [2.75, 3.05) is 19.7 Å². The summed E-state index contributed by atoms with van der Waals surface area (Å²) < 4.78 is 0. The predicted octanol–water partition coefficient (Wildman–Crippen LogP) is 2.12. The summed E-state index contributed by atoms with van der Waals surface area (Å²) in [6.07, 6.45) is 3.32. The van der Waals surface area contributed by atoms with Gasteiger partial charge in [0, 0.05) is 25.6 Å². The third kappa shape index (κ3) is 3.38. The maximum atomic E-state index is 12.4. The number of likely N-dealkylation sites (tertiary alicyclic amines) is 1. The number of carbonyl (C=O) groups excluding carboxylic acids is 1. The van der Waals surface area contributed by atoms with Gasteiger partial charge in [-0.05, 0) is 44.4 Å². The molecule has 0 saturated carbocycles. The van der Waals surface area contributed by atoms with Crippen LogP contribution in [0.1, 0.15) is 41.6 Å². The average molecular weight is 277 g/mol. The lowest BCUT2D eigenvalue weighted by molar-refractivity contribution is 0.0935. The van der Waals surface area contributed by atoms with Gasteiger partial charge in [0.25, 0.3) is 0 Å². The van der Waals surface area contributed by atoms with Gasteiger partial charge < -0.3 is 10.2 Å². The summed E-state index contributed by atoms with van der Waals surface area (Å²) >= 11 is 0. The Bertz CT molecular complexity index is 453. The van der Waals surface area contributed by atoms with Gasteiger partial charge in [0.15, 0.2) is 5.78 Å². The number of aliphatic hydroxyl groups is 1. The standard InChI is InChI=1S/C16H23NO3/c1-12-5-2-7-14(19)16(12)15(20)11-13-6-3-8-17(13)9-4-10-18/h2,5,7,13,18-19H,3-4,6,8-11H2,1H3. The Morgan fingerprint density at radius 1 is 1.45 bits per heavy atom. The van der Waals surface area contributed by atoms with Crippen LogP contribution >= 0.6 is 0 Å². The molecule has 0 bridgehead atoms. The minimum atomic E-state index is 0.0153. The molecule has 110 valence electrons. The molecule has 1 aromatic carbocycles. The van der Waals surface area contributed by atoms with Crippen LogP contribution in [0.3, 0.4) is 0 Å². The number of carbonyl (C=O) groups is 1. The van der Waals surface area contributed by atoms with Crippen molar-refractivity contribution in [2.45, 2.75) is 38.6 Å². The van der Waals surface area contributed by atoms with Crippen LogP contribution in [0.2, 0.25) is 0 Å². The molecule has 0 aliphatic carbocycles. The lowest BCUT2D eigenvalue weighted by Gasteiger charge is -2.23.